The van der Waals surface area contributed by atoms with Crippen molar-refractivity contribution in [1.29, 1.82) is 0 Å². The van der Waals surface area contributed by atoms with Crippen LogP contribution in [0.15, 0.2) is 91.0 Å². The molecular formula is C23H20F3O2P. The Labute approximate surface area is 167 Å². The van der Waals surface area contributed by atoms with Gasteiger partial charge in [0.05, 0.1) is 0 Å². The Bertz CT molecular complexity index is 911. The Hall–Kier alpha value is -2.78. The maximum Gasteiger partial charge on any atom is 0.422 e. The third-order valence-corrected chi connectivity index (χ3v) is 9.00. The second-order valence-electron chi connectivity index (χ2n) is 6.45. The zero-order chi connectivity index (χ0) is 20.9. The predicted octanol–water partition coefficient (Wildman–Crippen LogP) is 4.28. The van der Waals surface area contributed by atoms with Crippen LogP contribution in [0.5, 0.6) is 0 Å². The summed E-state index contributed by atoms with van der Waals surface area (Å²) in [6, 6.07) is 28.3. The summed E-state index contributed by atoms with van der Waals surface area (Å²) < 4.78 is 42.7. The fourth-order valence-electron chi connectivity index (χ4n) is 3.37. The number of hydrogen-bond donors (Lipinski definition) is 0. The van der Waals surface area contributed by atoms with Gasteiger partial charge in [-0.3, -0.25) is 0 Å². The van der Waals surface area contributed by atoms with Gasteiger partial charge in [-0.15, -0.1) is 0 Å². The molecule has 0 unspecified atom stereocenters. The van der Waals surface area contributed by atoms with Crippen molar-refractivity contribution < 1.29 is 22.7 Å². The molecule has 0 aliphatic rings. The number of carbonyl (C=O) groups excluding carboxylic acids is 1. The normalized spacial score (nSPS) is 11.7. The Morgan fingerprint density at radius 2 is 1.10 bits per heavy atom. The highest BCUT2D eigenvalue weighted by atomic mass is 31.2. The predicted molar refractivity (Wildman–Crippen MR) is 113 cm³/mol. The molecule has 2 nitrogen and oxygen atoms in total. The van der Waals surface area contributed by atoms with E-state index in [1.54, 1.807) is 6.92 Å². The van der Waals surface area contributed by atoms with Gasteiger partial charge in [0.25, 0.3) is 0 Å². The van der Waals surface area contributed by atoms with Crippen LogP contribution >= 0.6 is 6.89 Å². The molecule has 29 heavy (non-hydrogen) atoms. The van der Waals surface area contributed by atoms with Gasteiger partial charge in [0.1, 0.15) is 0 Å². The summed E-state index contributed by atoms with van der Waals surface area (Å²) in [5, 5.41) is 2.89. The topological polar surface area (TPSA) is 26.3 Å². The van der Waals surface area contributed by atoms with Gasteiger partial charge in [-0.2, -0.15) is 13.2 Å². The Morgan fingerprint density at radius 1 is 0.759 bits per heavy atom. The Balaban J connectivity index is 2.35. The van der Waals surface area contributed by atoms with Crippen molar-refractivity contribution >= 4 is 34.1 Å². The molecule has 0 heterocycles. The molecule has 6 heteroatoms. The summed E-state index contributed by atoms with van der Waals surface area (Å²) in [7, 11) is 0. The van der Waals surface area contributed by atoms with Crippen LogP contribution in [-0.2, 0) is 9.53 Å². The quantitative estimate of drug-likeness (QED) is 0.459. The first kappa shape index (κ1) is 20.9. The largest absolute Gasteiger partial charge is 0.453 e. The molecule has 0 bridgehead atoms. The van der Waals surface area contributed by atoms with Crippen LogP contribution in [0.4, 0.5) is 13.2 Å². The van der Waals surface area contributed by atoms with Gasteiger partial charge in [-0.1, -0.05) is 91.0 Å². The lowest BCUT2D eigenvalue weighted by Crippen LogP contribution is -2.34. The van der Waals surface area contributed by atoms with Crippen molar-refractivity contribution in [3.05, 3.63) is 91.0 Å². The van der Waals surface area contributed by atoms with E-state index in [2.05, 4.69) is 4.74 Å². The van der Waals surface area contributed by atoms with Crippen molar-refractivity contribution in [2.24, 2.45) is 0 Å². The average Bonchev–Trinajstić information content (AvgIpc) is 2.74. The zero-order valence-corrected chi connectivity index (χ0v) is 16.7. The number of alkyl halides is 3. The minimum absolute atomic E-state index is 0.269. The van der Waals surface area contributed by atoms with Crippen molar-refractivity contribution in [2.45, 2.75) is 13.1 Å². The zero-order valence-electron chi connectivity index (χ0n) is 15.8. The minimum Gasteiger partial charge on any atom is -0.453 e. The lowest BCUT2D eigenvalue weighted by atomic mass is 10.4. The van der Waals surface area contributed by atoms with Crippen molar-refractivity contribution in [3.63, 3.8) is 0 Å². The van der Waals surface area contributed by atoms with Crippen LogP contribution in [0.1, 0.15) is 6.92 Å². The second kappa shape index (κ2) is 8.71. The Kier molecular flexibility index (Phi) is 6.29. The highest BCUT2D eigenvalue weighted by Gasteiger charge is 2.34. The summed E-state index contributed by atoms with van der Waals surface area (Å²) in [6.45, 7) is -2.73. The molecule has 150 valence electrons. The van der Waals surface area contributed by atoms with Gasteiger partial charge in [0.2, 0.25) is 0 Å². The van der Waals surface area contributed by atoms with Crippen molar-refractivity contribution in [2.75, 3.05) is 6.61 Å². The van der Waals surface area contributed by atoms with E-state index in [9.17, 15) is 18.0 Å². The minimum atomic E-state index is -4.58. The molecule has 0 aromatic heterocycles. The number of rotatable bonds is 5. The molecular weight excluding hydrogens is 396 g/mol. The number of ether oxygens (including phenoxy) is 1. The molecule has 0 fully saturated rings. The van der Waals surface area contributed by atoms with Gasteiger partial charge in [0.15, 0.2) is 6.61 Å². The number of hydrogen-bond acceptors (Lipinski definition) is 2. The molecule has 0 N–H and O–H groups in total. The number of carbonyl (C=O) groups is 1. The summed E-state index contributed by atoms with van der Waals surface area (Å²) in [5.41, 5.74) is 0. The summed E-state index contributed by atoms with van der Waals surface area (Å²) >= 11 is 0. The lowest BCUT2D eigenvalue weighted by molar-refractivity contribution is -0.181. The molecule has 3 aromatic carbocycles. The highest BCUT2D eigenvalue weighted by molar-refractivity contribution is 7.96. The SMILES string of the molecule is CC(C(=O)OCC(F)(F)F)=P(c1ccccc1)(c1ccccc1)c1ccccc1. The molecule has 0 saturated heterocycles. The fraction of sp³-hybridized carbons (Fsp3) is 0.130. The van der Waals surface area contributed by atoms with Crippen LogP contribution in [0, 0.1) is 0 Å². The maximum atomic E-state index is 12.8. The van der Waals surface area contributed by atoms with Crippen LogP contribution in [0.25, 0.3) is 0 Å². The van der Waals surface area contributed by atoms with E-state index >= 15 is 0 Å². The van der Waals surface area contributed by atoms with E-state index in [1.807, 2.05) is 91.0 Å². The first-order valence-electron chi connectivity index (χ1n) is 8.99. The van der Waals surface area contributed by atoms with Crippen LogP contribution in [0.3, 0.4) is 0 Å². The average molecular weight is 416 g/mol. The maximum absolute atomic E-state index is 12.8. The molecule has 0 aliphatic carbocycles. The van der Waals surface area contributed by atoms with Gasteiger partial charge >= 0.3 is 12.1 Å². The Morgan fingerprint density at radius 3 is 1.41 bits per heavy atom. The standard InChI is InChI=1S/C23H20F3O2P/c1-18(22(27)28-17-23(24,25)26)29(19-11-5-2-6-12-19,20-13-7-3-8-14-20)21-15-9-4-10-16-21/h2-16H,17H2,1H3. The lowest BCUT2D eigenvalue weighted by Gasteiger charge is -2.31. The van der Waals surface area contributed by atoms with Gasteiger partial charge in [-0.05, 0) is 29.7 Å². The summed E-state index contributed by atoms with van der Waals surface area (Å²) in [5.74, 6) is -0.938. The molecule has 0 saturated carbocycles. The molecule has 0 spiro atoms. The number of halogens is 3. The first-order chi connectivity index (χ1) is 13.9. The van der Waals surface area contributed by atoms with E-state index < -0.39 is 25.6 Å². The molecule has 3 aromatic rings. The first-order valence-corrected chi connectivity index (χ1v) is 10.8. The van der Waals surface area contributed by atoms with Crippen molar-refractivity contribution in [3.8, 4) is 0 Å². The van der Waals surface area contributed by atoms with Gasteiger partial charge < -0.3 is 4.74 Å². The van der Waals surface area contributed by atoms with E-state index in [1.165, 1.54) is 0 Å². The summed E-state index contributed by atoms with van der Waals surface area (Å²) in [4.78, 5) is 12.8. The van der Waals surface area contributed by atoms with E-state index in [0.29, 0.717) is 0 Å². The fourth-order valence-corrected chi connectivity index (χ4v) is 7.62. The monoisotopic (exact) mass is 416 g/mol. The smallest absolute Gasteiger partial charge is 0.422 e. The van der Waals surface area contributed by atoms with E-state index in [0.717, 1.165) is 15.9 Å². The summed E-state index contributed by atoms with van der Waals surface area (Å²) in [6.07, 6.45) is -4.58. The van der Waals surface area contributed by atoms with E-state index in [-0.39, 0.29) is 5.29 Å². The third-order valence-electron chi connectivity index (χ3n) is 4.60. The van der Waals surface area contributed by atoms with Crippen LogP contribution < -0.4 is 15.9 Å². The van der Waals surface area contributed by atoms with Gasteiger partial charge in [-0.25, -0.2) is 4.79 Å². The van der Waals surface area contributed by atoms with Gasteiger partial charge in [0, 0.05) is 5.29 Å². The number of benzene rings is 3. The highest BCUT2D eigenvalue weighted by Crippen LogP contribution is 2.46. The molecule has 0 atom stereocenters. The van der Waals surface area contributed by atoms with E-state index in [4.69, 9.17) is 0 Å². The molecule has 0 radical (unpaired) electrons. The van der Waals surface area contributed by atoms with Crippen LogP contribution in [-0.4, -0.2) is 24.0 Å². The molecule has 3 rings (SSSR count). The number of esters is 1. The second-order valence-corrected chi connectivity index (χ2v) is 10.0. The molecule has 0 amide bonds. The third kappa shape index (κ3) is 4.46. The van der Waals surface area contributed by atoms with Crippen molar-refractivity contribution in [1.82, 2.24) is 0 Å². The molecule has 0 aliphatic heterocycles. The van der Waals surface area contributed by atoms with Crippen LogP contribution in [0.2, 0.25) is 0 Å².